The summed E-state index contributed by atoms with van der Waals surface area (Å²) in [5.74, 6) is 0.581. The van der Waals surface area contributed by atoms with Crippen LogP contribution in [0, 0.1) is 6.92 Å². The number of hydrogen-bond donors (Lipinski definition) is 2. The van der Waals surface area contributed by atoms with Gasteiger partial charge in [0.05, 0.1) is 6.54 Å². The van der Waals surface area contributed by atoms with E-state index in [2.05, 4.69) is 55.3 Å². The first-order chi connectivity index (χ1) is 8.47. The van der Waals surface area contributed by atoms with Crippen molar-refractivity contribution in [2.45, 2.75) is 45.1 Å². The molecule has 3 nitrogen and oxygen atoms in total. The highest BCUT2D eigenvalue weighted by atomic mass is 127. The summed E-state index contributed by atoms with van der Waals surface area (Å²) in [6.07, 6.45) is 2.44. The lowest BCUT2D eigenvalue weighted by molar-refractivity contribution is 0.538. The summed E-state index contributed by atoms with van der Waals surface area (Å²) in [7, 11) is 0. The van der Waals surface area contributed by atoms with Gasteiger partial charge in [0, 0.05) is 11.5 Å². The van der Waals surface area contributed by atoms with Crippen molar-refractivity contribution >= 4 is 29.9 Å². The molecule has 1 aliphatic carbocycles. The Bertz CT molecular complexity index is 433. The molecule has 19 heavy (non-hydrogen) atoms. The van der Waals surface area contributed by atoms with Gasteiger partial charge in [-0.05, 0) is 25.3 Å². The molecular weight excluding hydrogens is 349 g/mol. The van der Waals surface area contributed by atoms with Crippen LogP contribution in [0.25, 0.3) is 0 Å². The van der Waals surface area contributed by atoms with Gasteiger partial charge in [-0.15, -0.1) is 24.0 Å². The van der Waals surface area contributed by atoms with E-state index in [0.717, 1.165) is 0 Å². The van der Waals surface area contributed by atoms with Gasteiger partial charge in [-0.1, -0.05) is 43.7 Å². The number of nitrogens with two attached hydrogens (primary N) is 1. The first-order valence-corrected chi connectivity index (χ1v) is 6.61. The van der Waals surface area contributed by atoms with E-state index < -0.39 is 0 Å². The summed E-state index contributed by atoms with van der Waals surface area (Å²) < 4.78 is 0. The molecule has 1 fully saturated rings. The Morgan fingerprint density at radius 1 is 1.32 bits per heavy atom. The Labute approximate surface area is 133 Å². The second kappa shape index (κ2) is 6.59. The number of rotatable bonds is 4. The maximum absolute atomic E-state index is 5.86. The van der Waals surface area contributed by atoms with E-state index in [1.165, 1.54) is 24.0 Å². The van der Waals surface area contributed by atoms with Crippen molar-refractivity contribution < 1.29 is 0 Å². The molecule has 0 radical (unpaired) electrons. The van der Waals surface area contributed by atoms with Crippen LogP contribution in [0.5, 0.6) is 0 Å². The summed E-state index contributed by atoms with van der Waals surface area (Å²) in [6.45, 7) is 7.21. The molecule has 3 N–H and O–H groups in total. The van der Waals surface area contributed by atoms with Gasteiger partial charge in [0.1, 0.15) is 0 Å². The minimum atomic E-state index is 0. The molecule has 0 atom stereocenters. The van der Waals surface area contributed by atoms with Gasteiger partial charge in [0.25, 0.3) is 0 Å². The Balaban J connectivity index is 0.00000180. The van der Waals surface area contributed by atoms with E-state index >= 15 is 0 Å². The molecule has 0 heterocycles. The van der Waals surface area contributed by atoms with Crippen molar-refractivity contribution in [1.29, 1.82) is 0 Å². The largest absolute Gasteiger partial charge is 0.370 e. The summed E-state index contributed by atoms with van der Waals surface area (Å²) in [4.78, 5) is 4.46. The van der Waals surface area contributed by atoms with E-state index in [0.29, 0.717) is 18.5 Å². The number of nitrogens with zero attached hydrogens (tertiary/aromatic N) is 1. The third-order valence-corrected chi connectivity index (χ3v) is 3.41. The molecule has 0 amide bonds. The molecule has 1 saturated carbocycles. The van der Waals surface area contributed by atoms with Gasteiger partial charge < -0.3 is 11.1 Å². The van der Waals surface area contributed by atoms with Gasteiger partial charge >= 0.3 is 0 Å². The molecule has 2 rings (SSSR count). The third-order valence-electron chi connectivity index (χ3n) is 3.41. The number of halogens is 1. The molecule has 1 aliphatic rings. The Hall–Kier alpha value is -0.780. The van der Waals surface area contributed by atoms with E-state index in [1.54, 1.807) is 0 Å². The number of aliphatic imine (C=N–C) groups is 1. The fraction of sp³-hybridized carbons (Fsp3) is 0.533. The first kappa shape index (κ1) is 16.3. The maximum Gasteiger partial charge on any atom is 0.188 e. The molecule has 0 spiro atoms. The first-order valence-electron chi connectivity index (χ1n) is 6.61. The molecule has 4 heteroatoms. The molecule has 106 valence electrons. The smallest absolute Gasteiger partial charge is 0.188 e. The molecule has 0 saturated heterocycles. The van der Waals surface area contributed by atoms with Crippen LogP contribution in [-0.4, -0.2) is 18.5 Å². The minimum Gasteiger partial charge on any atom is -0.370 e. The average molecular weight is 373 g/mol. The molecule has 0 aliphatic heterocycles. The lowest BCUT2D eigenvalue weighted by Gasteiger charge is -2.23. The number of hydrogen-bond acceptors (Lipinski definition) is 1. The molecular formula is C15H24IN3. The van der Waals surface area contributed by atoms with Crippen molar-refractivity contribution in [2.75, 3.05) is 6.54 Å². The van der Waals surface area contributed by atoms with Crippen molar-refractivity contribution in [1.82, 2.24) is 5.32 Å². The summed E-state index contributed by atoms with van der Waals surface area (Å²) >= 11 is 0. The normalized spacial score (nSPS) is 15.8. The van der Waals surface area contributed by atoms with Crippen LogP contribution in [0.2, 0.25) is 0 Å². The Morgan fingerprint density at radius 3 is 2.42 bits per heavy atom. The monoisotopic (exact) mass is 373 g/mol. The zero-order valence-electron chi connectivity index (χ0n) is 11.9. The van der Waals surface area contributed by atoms with Crippen LogP contribution in [0.4, 0.5) is 0 Å². The molecule has 0 unspecified atom stereocenters. The van der Waals surface area contributed by atoms with Crippen molar-refractivity contribution in [3.63, 3.8) is 0 Å². The highest BCUT2D eigenvalue weighted by molar-refractivity contribution is 14.0. The Morgan fingerprint density at radius 2 is 1.89 bits per heavy atom. The molecule has 1 aromatic rings. The van der Waals surface area contributed by atoms with Crippen molar-refractivity contribution in [3.05, 3.63) is 35.4 Å². The highest BCUT2D eigenvalue weighted by Gasteiger charge is 2.23. The zero-order valence-corrected chi connectivity index (χ0v) is 14.3. The fourth-order valence-electron chi connectivity index (χ4n) is 1.86. The number of benzene rings is 1. The average Bonchev–Trinajstić information content (AvgIpc) is 3.11. The van der Waals surface area contributed by atoms with Crippen LogP contribution in [0.15, 0.2) is 29.3 Å². The van der Waals surface area contributed by atoms with Gasteiger partial charge in [0.15, 0.2) is 5.96 Å². The fourth-order valence-corrected chi connectivity index (χ4v) is 1.86. The van der Waals surface area contributed by atoms with Crippen LogP contribution in [0.1, 0.15) is 37.8 Å². The molecule has 0 aromatic heterocycles. The number of aryl methyl sites for hydroxylation is 1. The van der Waals surface area contributed by atoms with Crippen molar-refractivity contribution in [2.24, 2.45) is 10.7 Å². The maximum atomic E-state index is 5.86. The van der Waals surface area contributed by atoms with Gasteiger partial charge in [-0.3, -0.25) is 4.99 Å². The van der Waals surface area contributed by atoms with Crippen LogP contribution >= 0.6 is 24.0 Å². The number of guanidine groups is 1. The molecule has 0 bridgehead atoms. The van der Waals surface area contributed by atoms with Crippen LogP contribution < -0.4 is 11.1 Å². The Kier molecular flexibility index (Phi) is 5.64. The lowest BCUT2D eigenvalue weighted by Crippen LogP contribution is -2.35. The van der Waals surface area contributed by atoms with Crippen molar-refractivity contribution in [3.8, 4) is 0 Å². The van der Waals surface area contributed by atoms with E-state index in [-0.39, 0.29) is 29.4 Å². The topological polar surface area (TPSA) is 50.4 Å². The second-order valence-electron chi connectivity index (χ2n) is 5.87. The standard InChI is InChI=1S/C15H23N3.HI/c1-11-4-6-12(7-5-11)15(2,3)10-17-14(16)18-13-8-9-13;/h4-7,13H,8-10H2,1-3H3,(H3,16,17,18);1H. The SMILES string of the molecule is Cc1ccc(C(C)(C)CN=C(N)NC2CC2)cc1.I. The predicted octanol–water partition coefficient (Wildman–Crippen LogP) is 2.96. The van der Waals surface area contributed by atoms with Crippen LogP contribution in [0.3, 0.4) is 0 Å². The van der Waals surface area contributed by atoms with Gasteiger partial charge in [-0.25, -0.2) is 0 Å². The molecule has 1 aromatic carbocycles. The second-order valence-corrected chi connectivity index (χ2v) is 5.87. The summed E-state index contributed by atoms with van der Waals surface area (Å²) in [5, 5.41) is 3.21. The van der Waals surface area contributed by atoms with E-state index in [9.17, 15) is 0 Å². The van der Waals surface area contributed by atoms with Gasteiger partial charge in [0.2, 0.25) is 0 Å². The number of nitrogens with one attached hydrogen (secondary N) is 1. The van der Waals surface area contributed by atoms with E-state index in [4.69, 9.17) is 5.73 Å². The highest BCUT2D eigenvalue weighted by Crippen LogP contribution is 2.24. The minimum absolute atomic E-state index is 0. The van der Waals surface area contributed by atoms with E-state index in [1.807, 2.05) is 0 Å². The summed E-state index contributed by atoms with van der Waals surface area (Å²) in [6, 6.07) is 9.21. The predicted molar refractivity (Wildman–Crippen MR) is 92.3 cm³/mol. The summed E-state index contributed by atoms with van der Waals surface area (Å²) in [5.41, 5.74) is 8.47. The third kappa shape index (κ3) is 5.01. The van der Waals surface area contributed by atoms with Crippen LogP contribution in [-0.2, 0) is 5.41 Å². The zero-order chi connectivity index (χ0) is 13.2. The quantitative estimate of drug-likeness (QED) is 0.484. The van der Waals surface area contributed by atoms with Gasteiger partial charge in [-0.2, -0.15) is 0 Å². The lowest BCUT2D eigenvalue weighted by atomic mass is 9.84.